The van der Waals surface area contributed by atoms with Crippen LogP contribution in [0.3, 0.4) is 0 Å². The lowest BCUT2D eigenvalue weighted by Gasteiger charge is -2.33. The highest BCUT2D eigenvalue weighted by Crippen LogP contribution is 2.34. The Balaban J connectivity index is 1.72. The van der Waals surface area contributed by atoms with E-state index in [4.69, 9.17) is 16.0 Å². The zero-order chi connectivity index (χ0) is 19.1. The predicted octanol–water partition coefficient (Wildman–Crippen LogP) is 3.93. The Labute approximate surface area is 161 Å². The van der Waals surface area contributed by atoms with Crippen LogP contribution in [0.1, 0.15) is 16.2 Å². The molecule has 1 aliphatic rings. The SMILES string of the molecule is Cc1oc(-c2ccc(Cl)cc2)nc1C(=O)N1CC(=O)N(C)c2ccccc21. The Morgan fingerprint density at radius 1 is 1.11 bits per heavy atom. The lowest BCUT2D eigenvalue weighted by atomic mass is 10.1. The molecule has 2 amide bonds. The molecular weight excluding hydrogens is 366 g/mol. The average molecular weight is 382 g/mol. The number of aryl methyl sites for hydroxylation is 1. The van der Waals surface area contributed by atoms with Crippen molar-refractivity contribution in [1.29, 1.82) is 0 Å². The van der Waals surface area contributed by atoms with Gasteiger partial charge in [0, 0.05) is 17.6 Å². The summed E-state index contributed by atoms with van der Waals surface area (Å²) in [6.07, 6.45) is 0. The number of halogens is 1. The topological polar surface area (TPSA) is 66.7 Å². The van der Waals surface area contributed by atoms with Gasteiger partial charge in [-0.15, -0.1) is 0 Å². The average Bonchev–Trinajstić information content (AvgIpc) is 3.06. The maximum atomic E-state index is 13.1. The number of amides is 2. The molecule has 2 heterocycles. The van der Waals surface area contributed by atoms with Crippen molar-refractivity contribution in [3.63, 3.8) is 0 Å². The summed E-state index contributed by atoms with van der Waals surface area (Å²) in [5.74, 6) is 0.196. The van der Waals surface area contributed by atoms with Gasteiger partial charge in [-0.1, -0.05) is 23.7 Å². The number of likely N-dealkylation sites (N-methyl/N-ethyl adjacent to an activating group) is 1. The smallest absolute Gasteiger partial charge is 0.281 e. The predicted molar refractivity (Wildman–Crippen MR) is 103 cm³/mol. The third kappa shape index (κ3) is 2.98. The molecule has 0 fully saturated rings. The first-order valence-corrected chi connectivity index (χ1v) is 8.74. The van der Waals surface area contributed by atoms with Crippen molar-refractivity contribution in [3.8, 4) is 11.5 Å². The number of carbonyl (C=O) groups excluding carboxylic acids is 2. The summed E-state index contributed by atoms with van der Waals surface area (Å²) in [6, 6.07) is 14.3. The highest BCUT2D eigenvalue weighted by Gasteiger charge is 2.33. The zero-order valence-corrected chi connectivity index (χ0v) is 15.5. The molecule has 0 spiro atoms. The number of para-hydroxylation sites is 2. The molecule has 0 aliphatic carbocycles. The first-order valence-electron chi connectivity index (χ1n) is 8.36. The van der Waals surface area contributed by atoms with Crippen molar-refractivity contribution in [1.82, 2.24) is 4.98 Å². The number of hydrogen-bond donors (Lipinski definition) is 0. The van der Waals surface area contributed by atoms with Crippen LogP contribution in [0, 0.1) is 6.92 Å². The van der Waals surface area contributed by atoms with E-state index in [1.165, 1.54) is 4.90 Å². The van der Waals surface area contributed by atoms with Gasteiger partial charge in [0.1, 0.15) is 12.3 Å². The molecule has 7 heteroatoms. The lowest BCUT2D eigenvalue weighted by Crippen LogP contribution is -2.46. The van der Waals surface area contributed by atoms with Gasteiger partial charge in [0.05, 0.1) is 11.4 Å². The molecule has 0 radical (unpaired) electrons. The van der Waals surface area contributed by atoms with Gasteiger partial charge in [-0.3, -0.25) is 14.5 Å². The van der Waals surface area contributed by atoms with Crippen molar-refractivity contribution >= 4 is 34.8 Å². The van der Waals surface area contributed by atoms with Crippen LogP contribution in [0.2, 0.25) is 5.02 Å². The van der Waals surface area contributed by atoms with Crippen LogP contribution in [0.25, 0.3) is 11.5 Å². The van der Waals surface area contributed by atoms with E-state index in [2.05, 4.69) is 4.98 Å². The summed E-state index contributed by atoms with van der Waals surface area (Å²) >= 11 is 5.91. The van der Waals surface area contributed by atoms with E-state index in [0.717, 1.165) is 5.56 Å². The molecule has 0 N–H and O–H groups in total. The number of rotatable bonds is 2. The Morgan fingerprint density at radius 3 is 2.48 bits per heavy atom. The van der Waals surface area contributed by atoms with Crippen molar-refractivity contribution in [2.45, 2.75) is 6.92 Å². The van der Waals surface area contributed by atoms with E-state index in [9.17, 15) is 9.59 Å². The van der Waals surface area contributed by atoms with Crippen LogP contribution in [-0.4, -0.2) is 30.4 Å². The number of hydrogen-bond acceptors (Lipinski definition) is 4. The normalized spacial score (nSPS) is 13.7. The van der Waals surface area contributed by atoms with Crippen LogP contribution in [0.5, 0.6) is 0 Å². The molecule has 4 rings (SSSR count). The van der Waals surface area contributed by atoms with E-state index in [1.54, 1.807) is 43.1 Å². The number of anilines is 2. The second-order valence-corrected chi connectivity index (χ2v) is 6.70. The summed E-state index contributed by atoms with van der Waals surface area (Å²) in [5, 5.41) is 0.603. The molecule has 6 nitrogen and oxygen atoms in total. The minimum absolute atomic E-state index is 0.0467. The summed E-state index contributed by atoms with van der Waals surface area (Å²) in [7, 11) is 1.70. The van der Waals surface area contributed by atoms with E-state index in [0.29, 0.717) is 28.0 Å². The van der Waals surface area contributed by atoms with Crippen LogP contribution in [0.4, 0.5) is 11.4 Å². The fraction of sp³-hybridized carbons (Fsp3) is 0.150. The highest BCUT2D eigenvalue weighted by molar-refractivity contribution is 6.30. The van der Waals surface area contributed by atoms with Crippen molar-refractivity contribution in [2.75, 3.05) is 23.4 Å². The monoisotopic (exact) mass is 381 g/mol. The second kappa shape index (κ2) is 6.55. The fourth-order valence-electron chi connectivity index (χ4n) is 3.06. The standard InChI is InChI=1S/C20H16ClN3O3/c1-12-18(22-19(27-12)13-7-9-14(21)10-8-13)20(26)24-11-17(25)23(2)15-5-3-4-6-16(15)24/h3-10H,11H2,1-2H3. The number of oxazole rings is 1. The van der Waals surface area contributed by atoms with Gasteiger partial charge in [-0.05, 0) is 43.3 Å². The van der Waals surface area contributed by atoms with Gasteiger partial charge in [0.2, 0.25) is 11.8 Å². The Hall–Kier alpha value is -3.12. The zero-order valence-electron chi connectivity index (χ0n) is 14.8. The Morgan fingerprint density at radius 2 is 1.78 bits per heavy atom. The Bertz CT molecular complexity index is 1040. The molecule has 1 aliphatic heterocycles. The fourth-order valence-corrected chi connectivity index (χ4v) is 3.18. The van der Waals surface area contributed by atoms with E-state index < -0.39 is 0 Å². The maximum Gasteiger partial charge on any atom is 0.281 e. The van der Waals surface area contributed by atoms with Gasteiger partial charge in [0.15, 0.2) is 5.69 Å². The molecule has 1 aromatic heterocycles. The number of nitrogens with zero attached hydrogens (tertiary/aromatic N) is 3. The van der Waals surface area contributed by atoms with Crippen LogP contribution >= 0.6 is 11.6 Å². The first-order chi connectivity index (χ1) is 13.0. The molecule has 0 unspecified atom stereocenters. The lowest BCUT2D eigenvalue weighted by molar-refractivity contribution is -0.117. The quantitative estimate of drug-likeness (QED) is 0.674. The first kappa shape index (κ1) is 17.3. The van der Waals surface area contributed by atoms with E-state index >= 15 is 0 Å². The number of carbonyl (C=O) groups is 2. The summed E-state index contributed by atoms with van der Waals surface area (Å²) in [4.78, 5) is 32.8. The molecule has 3 aromatic rings. The molecule has 0 atom stereocenters. The number of benzene rings is 2. The molecule has 0 saturated carbocycles. The van der Waals surface area contributed by atoms with Gasteiger partial charge >= 0.3 is 0 Å². The van der Waals surface area contributed by atoms with Gasteiger partial charge in [0.25, 0.3) is 5.91 Å². The van der Waals surface area contributed by atoms with E-state index in [-0.39, 0.29) is 24.1 Å². The highest BCUT2D eigenvalue weighted by atomic mass is 35.5. The van der Waals surface area contributed by atoms with E-state index in [1.807, 2.05) is 24.3 Å². The molecule has 0 bridgehead atoms. The summed E-state index contributed by atoms with van der Waals surface area (Å²) in [6.45, 7) is 1.64. The third-order valence-electron chi connectivity index (χ3n) is 4.54. The van der Waals surface area contributed by atoms with Crippen molar-refractivity contribution < 1.29 is 14.0 Å². The van der Waals surface area contributed by atoms with Crippen molar-refractivity contribution in [3.05, 3.63) is 65.0 Å². The Kier molecular flexibility index (Phi) is 4.20. The number of aromatic nitrogens is 1. The van der Waals surface area contributed by atoms with Crippen LogP contribution in [0.15, 0.2) is 52.9 Å². The molecule has 27 heavy (non-hydrogen) atoms. The largest absolute Gasteiger partial charge is 0.441 e. The van der Waals surface area contributed by atoms with Crippen LogP contribution in [-0.2, 0) is 4.79 Å². The third-order valence-corrected chi connectivity index (χ3v) is 4.79. The molecular formula is C20H16ClN3O3. The minimum Gasteiger partial charge on any atom is -0.441 e. The number of fused-ring (bicyclic) bond motifs is 1. The summed E-state index contributed by atoms with van der Waals surface area (Å²) in [5.41, 5.74) is 2.25. The van der Waals surface area contributed by atoms with Crippen LogP contribution < -0.4 is 9.80 Å². The molecule has 136 valence electrons. The van der Waals surface area contributed by atoms with Gasteiger partial charge < -0.3 is 9.32 Å². The summed E-state index contributed by atoms with van der Waals surface area (Å²) < 4.78 is 5.69. The molecule has 2 aromatic carbocycles. The van der Waals surface area contributed by atoms with Gasteiger partial charge in [-0.25, -0.2) is 4.98 Å². The maximum absolute atomic E-state index is 13.1. The molecule has 0 saturated heterocycles. The van der Waals surface area contributed by atoms with Gasteiger partial charge in [-0.2, -0.15) is 0 Å². The minimum atomic E-state index is -0.370. The van der Waals surface area contributed by atoms with Crippen molar-refractivity contribution in [2.24, 2.45) is 0 Å². The second-order valence-electron chi connectivity index (χ2n) is 6.26.